The van der Waals surface area contributed by atoms with Crippen LogP contribution in [0.1, 0.15) is 11.1 Å². The van der Waals surface area contributed by atoms with Crippen molar-refractivity contribution in [3.63, 3.8) is 0 Å². The van der Waals surface area contributed by atoms with Crippen LogP contribution in [0.5, 0.6) is 5.75 Å². The normalized spacial score (nSPS) is 11.0. The van der Waals surface area contributed by atoms with E-state index in [1.165, 1.54) is 32.7 Å². The highest BCUT2D eigenvalue weighted by molar-refractivity contribution is 6.08. The minimum absolute atomic E-state index is 0.581. The van der Waals surface area contributed by atoms with Crippen LogP contribution < -0.4 is 4.74 Å². The maximum Gasteiger partial charge on any atom is 0.135 e. The molecule has 1 nitrogen and oxygen atoms in total. The molecule has 112 valence electrons. The highest BCUT2D eigenvalue weighted by Gasteiger charge is 2.12. The van der Waals surface area contributed by atoms with Crippen molar-refractivity contribution in [3.8, 4) is 5.75 Å². The molecule has 0 aliphatic rings. The minimum Gasteiger partial charge on any atom is -0.488 e. The molecule has 0 heterocycles. The summed E-state index contributed by atoms with van der Waals surface area (Å²) < 4.78 is 6.27. The van der Waals surface area contributed by atoms with Gasteiger partial charge in [-0.3, -0.25) is 0 Å². The molecule has 4 aromatic rings. The topological polar surface area (TPSA) is 9.23 Å². The molecule has 0 radical (unpaired) electrons. The first-order chi connectivity index (χ1) is 11.3. The maximum absolute atomic E-state index is 6.27. The van der Waals surface area contributed by atoms with E-state index >= 15 is 0 Å². The van der Waals surface area contributed by atoms with Crippen molar-refractivity contribution in [2.45, 2.75) is 13.5 Å². The molecule has 0 aliphatic carbocycles. The Morgan fingerprint density at radius 3 is 1.65 bits per heavy atom. The zero-order chi connectivity index (χ0) is 15.6. The van der Waals surface area contributed by atoms with Gasteiger partial charge in [-0.25, -0.2) is 0 Å². The Kier molecular flexibility index (Phi) is 3.47. The Labute approximate surface area is 136 Å². The van der Waals surface area contributed by atoms with Crippen molar-refractivity contribution in [2.75, 3.05) is 0 Å². The standard InChI is InChI=1S/C22H18O/c1-16-18-11-5-7-13-20(18)22(21-14-8-6-12-19(16)21)23-15-17-9-3-2-4-10-17/h2-14H,15H2,1H3. The molecule has 0 atom stereocenters. The van der Waals surface area contributed by atoms with E-state index in [9.17, 15) is 0 Å². The predicted octanol–water partition coefficient (Wildman–Crippen LogP) is 5.88. The monoisotopic (exact) mass is 298 g/mol. The van der Waals surface area contributed by atoms with E-state index in [1.54, 1.807) is 0 Å². The van der Waals surface area contributed by atoms with Gasteiger partial charge < -0.3 is 4.74 Å². The van der Waals surface area contributed by atoms with Crippen LogP contribution in [-0.4, -0.2) is 0 Å². The first-order valence-electron chi connectivity index (χ1n) is 7.91. The molecular formula is C22H18O. The van der Waals surface area contributed by atoms with Crippen LogP contribution in [0.15, 0.2) is 78.9 Å². The van der Waals surface area contributed by atoms with Crippen molar-refractivity contribution in [1.29, 1.82) is 0 Å². The van der Waals surface area contributed by atoms with E-state index in [0.717, 1.165) is 5.75 Å². The van der Waals surface area contributed by atoms with E-state index in [0.29, 0.717) is 6.61 Å². The van der Waals surface area contributed by atoms with Crippen LogP contribution in [-0.2, 0) is 6.61 Å². The number of hydrogen-bond donors (Lipinski definition) is 0. The Morgan fingerprint density at radius 2 is 1.09 bits per heavy atom. The highest BCUT2D eigenvalue weighted by Crippen LogP contribution is 2.38. The summed E-state index contributed by atoms with van der Waals surface area (Å²) in [4.78, 5) is 0. The molecule has 4 aromatic carbocycles. The lowest BCUT2D eigenvalue weighted by molar-refractivity contribution is 0.313. The molecule has 0 aliphatic heterocycles. The van der Waals surface area contributed by atoms with Gasteiger partial charge in [0.2, 0.25) is 0 Å². The zero-order valence-electron chi connectivity index (χ0n) is 13.1. The molecule has 0 unspecified atom stereocenters. The minimum atomic E-state index is 0.581. The van der Waals surface area contributed by atoms with E-state index in [1.807, 2.05) is 18.2 Å². The Hall–Kier alpha value is -2.80. The summed E-state index contributed by atoms with van der Waals surface area (Å²) in [6.45, 7) is 2.77. The second-order valence-electron chi connectivity index (χ2n) is 5.82. The third-order valence-electron chi connectivity index (χ3n) is 4.38. The van der Waals surface area contributed by atoms with Crippen LogP contribution in [0.3, 0.4) is 0 Å². The van der Waals surface area contributed by atoms with E-state index in [2.05, 4.69) is 67.6 Å². The molecule has 0 saturated heterocycles. The Bertz CT molecular complexity index is 914. The van der Waals surface area contributed by atoms with Crippen LogP contribution in [0.2, 0.25) is 0 Å². The number of benzene rings is 4. The van der Waals surface area contributed by atoms with Crippen LogP contribution in [0, 0.1) is 6.92 Å². The molecule has 0 aromatic heterocycles. The van der Waals surface area contributed by atoms with Crippen molar-refractivity contribution >= 4 is 21.5 Å². The van der Waals surface area contributed by atoms with Gasteiger partial charge in [-0.1, -0.05) is 78.9 Å². The number of rotatable bonds is 3. The number of aryl methyl sites for hydroxylation is 1. The van der Waals surface area contributed by atoms with E-state index in [4.69, 9.17) is 4.74 Å². The second kappa shape index (κ2) is 5.77. The molecule has 0 bridgehead atoms. The van der Waals surface area contributed by atoms with Crippen LogP contribution in [0.4, 0.5) is 0 Å². The van der Waals surface area contributed by atoms with Crippen molar-refractivity contribution < 1.29 is 4.74 Å². The fourth-order valence-electron chi connectivity index (χ4n) is 3.19. The summed E-state index contributed by atoms with van der Waals surface area (Å²) in [7, 11) is 0. The number of fused-ring (bicyclic) bond motifs is 2. The smallest absolute Gasteiger partial charge is 0.135 e. The van der Waals surface area contributed by atoms with Crippen molar-refractivity contribution in [2.24, 2.45) is 0 Å². The molecule has 0 N–H and O–H groups in total. The lowest BCUT2D eigenvalue weighted by atomic mass is 9.96. The van der Waals surface area contributed by atoms with Crippen molar-refractivity contribution in [1.82, 2.24) is 0 Å². The SMILES string of the molecule is Cc1c2ccccc2c(OCc2ccccc2)c2ccccc12. The van der Waals surface area contributed by atoms with Gasteiger partial charge >= 0.3 is 0 Å². The van der Waals surface area contributed by atoms with Crippen LogP contribution >= 0.6 is 0 Å². The summed E-state index contributed by atoms with van der Waals surface area (Å²) in [6.07, 6.45) is 0. The fourth-order valence-corrected chi connectivity index (χ4v) is 3.19. The lowest BCUT2D eigenvalue weighted by Crippen LogP contribution is -1.97. The molecular weight excluding hydrogens is 280 g/mol. The third kappa shape index (κ3) is 2.44. The quantitative estimate of drug-likeness (QED) is 0.429. The molecule has 0 saturated carbocycles. The van der Waals surface area contributed by atoms with Gasteiger partial charge in [0, 0.05) is 10.8 Å². The third-order valence-corrected chi connectivity index (χ3v) is 4.38. The van der Waals surface area contributed by atoms with Gasteiger partial charge in [-0.05, 0) is 28.8 Å². The Balaban J connectivity index is 1.90. The van der Waals surface area contributed by atoms with Gasteiger partial charge in [0.1, 0.15) is 12.4 Å². The van der Waals surface area contributed by atoms with Gasteiger partial charge in [0.15, 0.2) is 0 Å². The first kappa shape index (κ1) is 13.8. The number of ether oxygens (including phenoxy) is 1. The zero-order valence-corrected chi connectivity index (χ0v) is 13.1. The van der Waals surface area contributed by atoms with Crippen LogP contribution in [0.25, 0.3) is 21.5 Å². The fraction of sp³-hybridized carbons (Fsp3) is 0.0909. The van der Waals surface area contributed by atoms with Gasteiger partial charge in [-0.15, -0.1) is 0 Å². The first-order valence-corrected chi connectivity index (χ1v) is 7.91. The highest BCUT2D eigenvalue weighted by atomic mass is 16.5. The predicted molar refractivity (Wildman–Crippen MR) is 97.0 cm³/mol. The molecule has 0 spiro atoms. The summed E-state index contributed by atoms with van der Waals surface area (Å²) in [5.41, 5.74) is 2.49. The average molecular weight is 298 g/mol. The second-order valence-corrected chi connectivity index (χ2v) is 5.82. The van der Waals surface area contributed by atoms with Gasteiger partial charge in [-0.2, -0.15) is 0 Å². The summed E-state index contributed by atoms with van der Waals surface area (Å²) >= 11 is 0. The van der Waals surface area contributed by atoms with E-state index in [-0.39, 0.29) is 0 Å². The summed E-state index contributed by atoms with van der Waals surface area (Å²) in [6, 6.07) is 27.3. The summed E-state index contributed by atoms with van der Waals surface area (Å²) in [5.74, 6) is 0.977. The average Bonchev–Trinajstić information content (AvgIpc) is 2.63. The van der Waals surface area contributed by atoms with Crippen molar-refractivity contribution in [3.05, 3.63) is 90.0 Å². The lowest BCUT2D eigenvalue weighted by Gasteiger charge is -2.15. The van der Waals surface area contributed by atoms with E-state index < -0.39 is 0 Å². The molecule has 0 amide bonds. The molecule has 4 rings (SSSR count). The van der Waals surface area contributed by atoms with Gasteiger partial charge in [0.05, 0.1) is 0 Å². The van der Waals surface area contributed by atoms with Gasteiger partial charge in [0.25, 0.3) is 0 Å². The summed E-state index contributed by atoms with van der Waals surface area (Å²) in [5, 5.41) is 4.88. The molecule has 23 heavy (non-hydrogen) atoms. The number of hydrogen-bond acceptors (Lipinski definition) is 1. The largest absolute Gasteiger partial charge is 0.488 e. The molecule has 0 fully saturated rings. The molecule has 1 heteroatoms. The Morgan fingerprint density at radius 1 is 0.609 bits per heavy atom. The maximum atomic E-state index is 6.27.